The zero-order chi connectivity index (χ0) is 23.3. The lowest BCUT2D eigenvalue weighted by atomic mass is 10.2. The minimum Gasteiger partial charge on any atom is -0.452 e. The Kier molecular flexibility index (Phi) is 6.89. The lowest BCUT2D eigenvalue weighted by Gasteiger charge is -2.13. The highest BCUT2D eigenvalue weighted by atomic mass is 32.2. The quantitative estimate of drug-likeness (QED) is 0.523. The van der Waals surface area contributed by atoms with Gasteiger partial charge in [-0.15, -0.1) is 0 Å². The number of esters is 1. The molecule has 3 rings (SSSR count). The molecule has 3 aromatic carbocycles. The fraction of sp³-hybridized carbons (Fsp3) is 0.130. The van der Waals surface area contributed by atoms with Gasteiger partial charge in [-0.25, -0.2) is 17.6 Å². The van der Waals surface area contributed by atoms with Crippen LogP contribution in [0.3, 0.4) is 0 Å². The Balaban J connectivity index is 1.71. The first kappa shape index (κ1) is 23.0. The third kappa shape index (κ3) is 5.50. The first-order chi connectivity index (χ1) is 15.2. The molecule has 32 heavy (non-hydrogen) atoms. The van der Waals surface area contributed by atoms with E-state index in [1.54, 1.807) is 12.1 Å². The van der Waals surface area contributed by atoms with Gasteiger partial charge < -0.3 is 10.1 Å². The van der Waals surface area contributed by atoms with Gasteiger partial charge in [-0.2, -0.15) is 0 Å². The standard InChI is InChI=1S/C23H21FN2O5S/c1-15-7-3-5-9-20(15)25-22(27)14-31-23(28)18-8-4-6-10-21(18)26-32(29,30)17-11-12-19(24)16(2)13-17/h3-13,26H,14H2,1-2H3,(H,25,27). The summed E-state index contributed by atoms with van der Waals surface area (Å²) in [7, 11) is -4.09. The van der Waals surface area contributed by atoms with Gasteiger partial charge in [-0.05, 0) is 61.4 Å². The highest BCUT2D eigenvalue weighted by Crippen LogP contribution is 2.22. The van der Waals surface area contributed by atoms with Crippen molar-refractivity contribution in [2.75, 3.05) is 16.6 Å². The van der Waals surface area contributed by atoms with E-state index in [9.17, 15) is 22.4 Å². The van der Waals surface area contributed by atoms with E-state index in [-0.39, 0.29) is 21.7 Å². The van der Waals surface area contributed by atoms with Crippen LogP contribution in [0.25, 0.3) is 0 Å². The molecule has 0 aliphatic heterocycles. The summed E-state index contributed by atoms with van der Waals surface area (Å²) in [6.07, 6.45) is 0. The van der Waals surface area contributed by atoms with Gasteiger partial charge in [0.2, 0.25) is 0 Å². The van der Waals surface area contributed by atoms with Gasteiger partial charge in [-0.1, -0.05) is 30.3 Å². The summed E-state index contributed by atoms with van der Waals surface area (Å²) in [6, 6.07) is 16.3. The van der Waals surface area contributed by atoms with Crippen molar-refractivity contribution >= 4 is 33.3 Å². The molecular formula is C23H21FN2O5S. The van der Waals surface area contributed by atoms with Crippen LogP contribution in [0, 0.1) is 19.7 Å². The van der Waals surface area contributed by atoms with Crippen LogP contribution in [0.15, 0.2) is 71.6 Å². The molecule has 0 unspecified atom stereocenters. The SMILES string of the molecule is Cc1cc(S(=O)(=O)Nc2ccccc2C(=O)OCC(=O)Nc2ccccc2C)ccc1F. The molecule has 0 spiro atoms. The molecule has 0 aliphatic carbocycles. The van der Waals surface area contributed by atoms with E-state index in [0.717, 1.165) is 17.7 Å². The average Bonchev–Trinajstić information content (AvgIpc) is 2.75. The van der Waals surface area contributed by atoms with Gasteiger partial charge in [0.25, 0.3) is 15.9 Å². The number of ether oxygens (including phenoxy) is 1. The summed E-state index contributed by atoms with van der Waals surface area (Å²) in [6.45, 7) is 2.72. The van der Waals surface area contributed by atoms with Crippen molar-refractivity contribution in [3.8, 4) is 0 Å². The molecule has 1 amide bonds. The predicted octanol–water partition coefficient (Wildman–Crippen LogP) is 4.04. The van der Waals surface area contributed by atoms with E-state index in [4.69, 9.17) is 4.74 Å². The van der Waals surface area contributed by atoms with E-state index >= 15 is 0 Å². The second-order valence-electron chi connectivity index (χ2n) is 7.00. The molecular weight excluding hydrogens is 435 g/mol. The van der Waals surface area contributed by atoms with Crippen LogP contribution >= 0.6 is 0 Å². The van der Waals surface area contributed by atoms with Crippen LogP contribution in [0.4, 0.5) is 15.8 Å². The molecule has 0 aromatic heterocycles. The largest absolute Gasteiger partial charge is 0.452 e. The van der Waals surface area contributed by atoms with Crippen LogP contribution < -0.4 is 10.0 Å². The van der Waals surface area contributed by atoms with Crippen molar-refractivity contribution < 1.29 is 27.1 Å². The van der Waals surface area contributed by atoms with Crippen molar-refractivity contribution in [3.63, 3.8) is 0 Å². The van der Waals surface area contributed by atoms with E-state index in [1.165, 1.54) is 37.3 Å². The third-order valence-corrected chi connectivity index (χ3v) is 5.95. The molecule has 0 atom stereocenters. The summed E-state index contributed by atoms with van der Waals surface area (Å²) < 4.78 is 46.2. The van der Waals surface area contributed by atoms with Crippen molar-refractivity contribution in [1.82, 2.24) is 0 Å². The minimum atomic E-state index is -4.09. The van der Waals surface area contributed by atoms with Crippen LogP contribution in [-0.4, -0.2) is 26.9 Å². The highest BCUT2D eigenvalue weighted by Gasteiger charge is 2.20. The highest BCUT2D eigenvalue weighted by molar-refractivity contribution is 7.92. The monoisotopic (exact) mass is 456 g/mol. The molecule has 0 aliphatic rings. The lowest BCUT2D eigenvalue weighted by Crippen LogP contribution is -2.22. The number of amides is 1. The molecule has 3 aromatic rings. The lowest BCUT2D eigenvalue weighted by molar-refractivity contribution is -0.119. The third-order valence-electron chi connectivity index (χ3n) is 4.58. The van der Waals surface area contributed by atoms with Crippen LogP contribution in [0.2, 0.25) is 0 Å². The number of halogens is 1. The maximum Gasteiger partial charge on any atom is 0.340 e. The molecule has 7 nitrogen and oxygen atoms in total. The van der Waals surface area contributed by atoms with Gasteiger partial charge in [0.15, 0.2) is 6.61 Å². The van der Waals surface area contributed by atoms with Crippen molar-refractivity contribution in [2.24, 2.45) is 0 Å². The van der Waals surface area contributed by atoms with E-state index in [1.807, 2.05) is 19.1 Å². The van der Waals surface area contributed by atoms with E-state index in [2.05, 4.69) is 10.0 Å². The number of hydrogen-bond acceptors (Lipinski definition) is 5. The first-order valence-corrected chi connectivity index (χ1v) is 11.1. The Morgan fingerprint density at radius 1 is 0.906 bits per heavy atom. The van der Waals surface area contributed by atoms with Gasteiger partial charge in [-0.3, -0.25) is 9.52 Å². The Morgan fingerprint density at radius 2 is 1.56 bits per heavy atom. The smallest absolute Gasteiger partial charge is 0.340 e. The fourth-order valence-corrected chi connectivity index (χ4v) is 4.01. The van der Waals surface area contributed by atoms with Gasteiger partial charge in [0, 0.05) is 5.69 Å². The number of sulfonamides is 1. The Morgan fingerprint density at radius 3 is 2.25 bits per heavy atom. The summed E-state index contributed by atoms with van der Waals surface area (Å²) in [4.78, 5) is 24.5. The average molecular weight is 456 g/mol. The molecule has 0 saturated heterocycles. The molecule has 0 saturated carbocycles. The van der Waals surface area contributed by atoms with E-state index < -0.39 is 34.3 Å². The number of rotatable bonds is 7. The number of hydrogen-bond donors (Lipinski definition) is 2. The number of nitrogens with one attached hydrogen (secondary N) is 2. The number of benzene rings is 3. The normalized spacial score (nSPS) is 11.0. The molecule has 9 heteroatoms. The minimum absolute atomic E-state index is 0.0289. The second-order valence-corrected chi connectivity index (χ2v) is 8.68. The van der Waals surface area contributed by atoms with Crippen LogP contribution in [-0.2, 0) is 19.6 Å². The zero-order valence-electron chi connectivity index (χ0n) is 17.4. The number of carbonyl (C=O) groups is 2. The fourth-order valence-electron chi connectivity index (χ4n) is 2.85. The van der Waals surface area contributed by atoms with Crippen molar-refractivity contribution in [2.45, 2.75) is 18.7 Å². The van der Waals surface area contributed by atoms with Gasteiger partial charge in [0.05, 0.1) is 16.1 Å². The van der Waals surface area contributed by atoms with Gasteiger partial charge in [0.1, 0.15) is 5.82 Å². The molecule has 0 heterocycles. The summed E-state index contributed by atoms with van der Waals surface area (Å²) in [5, 5.41) is 2.64. The Labute approximate surface area is 185 Å². The molecule has 2 N–H and O–H groups in total. The topological polar surface area (TPSA) is 102 Å². The molecule has 0 radical (unpaired) electrons. The predicted molar refractivity (Wildman–Crippen MR) is 118 cm³/mol. The van der Waals surface area contributed by atoms with Crippen molar-refractivity contribution in [1.29, 1.82) is 0 Å². The summed E-state index contributed by atoms with van der Waals surface area (Å²) in [5.74, 6) is -1.94. The number of para-hydroxylation sites is 2. The molecule has 0 fully saturated rings. The number of carbonyl (C=O) groups excluding carboxylic acids is 2. The maximum absolute atomic E-state index is 13.5. The molecule has 166 valence electrons. The Hall–Kier alpha value is -3.72. The first-order valence-electron chi connectivity index (χ1n) is 9.58. The van der Waals surface area contributed by atoms with Crippen molar-refractivity contribution in [3.05, 3.63) is 89.2 Å². The zero-order valence-corrected chi connectivity index (χ0v) is 18.2. The summed E-state index contributed by atoms with van der Waals surface area (Å²) >= 11 is 0. The second kappa shape index (κ2) is 9.61. The maximum atomic E-state index is 13.5. The van der Waals surface area contributed by atoms with Crippen LogP contribution in [0.5, 0.6) is 0 Å². The van der Waals surface area contributed by atoms with Gasteiger partial charge >= 0.3 is 5.97 Å². The van der Waals surface area contributed by atoms with E-state index in [0.29, 0.717) is 5.69 Å². The number of anilines is 2. The molecule has 0 bridgehead atoms. The van der Waals surface area contributed by atoms with Crippen LogP contribution in [0.1, 0.15) is 21.5 Å². The summed E-state index contributed by atoms with van der Waals surface area (Å²) in [5.41, 5.74) is 1.51. The Bertz CT molecular complexity index is 1270. The number of aryl methyl sites for hydroxylation is 2.